The van der Waals surface area contributed by atoms with Crippen LogP contribution in [0.1, 0.15) is 41.5 Å². The van der Waals surface area contributed by atoms with Crippen molar-refractivity contribution >= 4 is 11.4 Å². The highest BCUT2D eigenvalue weighted by Crippen LogP contribution is 2.31. The summed E-state index contributed by atoms with van der Waals surface area (Å²) in [5.74, 6) is 0.401. The molecule has 0 saturated carbocycles. The van der Waals surface area contributed by atoms with Crippen LogP contribution in [-0.4, -0.2) is 0 Å². The van der Waals surface area contributed by atoms with Gasteiger partial charge in [0.2, 0.25) is 0 Å². The van der Waals surface area contributed by atoms with Crippen LogP contribution in [0.2, 0.25) is 0 Å². The smallest absolute Gasteiger partial charge is 0.0343 e. The van der Waals surface area contributed by atoms with Crippen LogP contribution in [0.25, 0.3) is 0 Å². The molecule has 4 N–H and O–H groups in total. The second-order valence-corrected chi connectivity index (χ2v) is 5.19. The molecule has 19 heavy (non-hydrogen) atoms. The van der Waals surface area contributed by atoms with E-state index in [4.69, 9.17) is 11.5 Å². The minimum absolute atomic E-state index is 0.401. The molecule has 2 rings (SSSR count). The molecule has 0 fully saturated rings. The van der Waals surface area contributed by atoms with E-state index in [1.165, 1.54) is 11.1 Å². The third-order valence-electron chi connectivity index (χ3n) is 3.80. The van der Waals surface area contributed by atoms with Crippen molar-refractivity contribution < 1.29 is 0 Å². The predicted octanol–water partition coefficient (Wildman–Crippen LogP) is 4.01. The van der Waals surface area contributed by atoms with E-state index < -0.39 is 0 Å². The molecule has 0 spiro atoms. The first-order chi connectivity index (χ1) is 9.02. The topological polar surface area (TPSA) is 52.0 Å². The Hall–Kier alpha value is -1.96. The molecule has 0 radical (unpaired) electrons. The van der Waals surface area contributed by atoms with Gasteiger partial charge in [-0.25, -0.2) is 0 Å². The van der Waals surface area contributed by atoms with Crippen molar-refractivity contribution in [1.29, 1.82) is 0 Å². The van der Waals surface area contributed by atoms with E-state index in [2.05, 4.69) is 45.0 Å². The van der Waals surface area contributed by atoms with Gasteiger partial charge in [0.25, 0.3) is 0 Å². The molecule has 0 aliphatic heterocycles. The maximum absolute atomic E-state index is 5.90. The average Bonchev–Trinajstić information content (AvgIpc) is 2.39. The van der Waals surface area contributed by atoms with Gasteiger partial charge in [0.15, 0.2) is 0 Å². The van der Waals surface area contributed by atoms with Crippen molar-refractivity contribution in [3.63, 3.8) is 0 Å². The molecule has 0 aromatic heterocycles. The molecular formula is C17H22N2. The summed E-state index contributed by atoms with van der Waals surface area (Å²) in [6.45, 7) is 6.32. The number of hydrogen-bond donors (Lipinski definition) is 2. The second kappa shape index (κ2) is 5.35. The van der Waals surface area contributed by atoms with Crippen molar-refractivity contribution in [2.45, 2.75) is 33.1 Å². The fourth-order valence-corrected chi connectivity index (χ4v) is 2.50. The number of nitrogens with two attached hydrogens (primary N) is 2. The first-order valence-corrected chi connectivity index (χ1v) is 6.75. The standard InChI is InChI=1S/C17H22N2/c1-4-15(13-5-7-16(18)11(2)9-13)14-6-8-17(19)12(3)10-14/h5-10,15H,4,18-19H2,1-3H3. The van der Waals surface area contributed by atoms with Crippen molar-refractivity contribution in [3.05, 3.63) is 58.7 Å². The number of benzene rings is 2. The molecule has 0 amide bonds. The molecule has 2 heteroatoms. The minimum atomic E-state index is 0.401. The summed E-state index contributed by atoms with van der Waals surface area (Å²) in [6.07, 6.45) is 1.06. The van der Waals surface area contributed by atoms with Gasteiger partial charge in [-0.3, -0.25) is 0 Å². The summed E-state index contributed by atoms with van der Waals surface area (Å²) >= 11 is 0. The number of nitrogen functional groups attached to an aromatic ring is 2. The van der Waals surface area contributed by atoms with Crippen molar-refractivity contribution in [2.24, 2.45) is 0 Å². The van der Waals surface area contributed by atoms with Crippen LogP contribution in [0.5, 0.6) is 0 Å². The van der Waals surface area contributed by atoms with E-state index in [0.29, 0.717) is 5.92 Å². The highest BCUT2D eigenvalue weighted by molar-refractivity contribution is 5.52. The Kier molecular flexibility index (Phi) is 3.79. The van der Waals surface area contributed by atoms with Gasteiger partial charge in [0.1, 0.15) is 0 Å². The summed E-state index contributed by atoms with van der Waals surface area (Å²) in [6, 6.07) is 12.6. The summed E-state index contributed by atoms with van der Waals surface area (Å²) in [7, 11) is 0. The Bertz CT molecular complexity index is 536. The van der Waals surface area contributed by atoms with Gasteiger partial charge < -0.3 is 11.5 Å². The molecule has 0 unspecified atom stereocenters. The summed E-state index contributed by atoms with van der Waals surface area (Å²) < 4.78 is 0. The van der Waals surface area contributed by atoms with E-state index in [0.717, 1.165) is 28.9 Å². The highest BCUT2D eigenvalue weighted by atomic mass is 14.6. The fourth-order valence-electron chi connectivity index (χ4n) is 2.50. The normalized spacial score (nSPS) is 10.9. The van der Waals surface area contributed by atoms with Gasteiger partial charge in [-0.2, -0.15) is 0 Å². The Labute approximate surface area is 115 Å². The van der Waals surface area contributed by atoms with Gasteiger partial charge in [-0.1, -0.05) is 31.2 Å². The largest absolute Gasteiger partial charge is 0.399 e. The third-order valence-corrected chi connectivity index (χ3v) is 3.80. The first-order valence-electron chi connectivity index (χ1n) is 6.75. The summed E-state index contributed by atoms with van der Waals surface area (Å²) in [5.41, 5.74) is 18.4. The zero-order valence-corrected chi connectivity index (χ0v) is 11.9. The summed E-state index contributed by atoms with van der Waals surface area (Å²) in [4.78, 5) is 0. The van der Waals surface area contributed by atoms with Gasteiger partial charge in [-0.05, 0) is 54.7 Å². The number of anilines is 2. The van der Waals surface area contributed by atoms with Crippen LogP contribution in [0.15, 0.2) is 36.4 Å². The minimum Gasteiger partial charge on any atom is -0.399 e. The molecule has 0 bridgehead atoms. The quantitative estimate of drug-likeness (QED) is 0.813. The number of rotatable bonds is 3. The van der Waals surface area contributed by atoms with Crippen LogP contribution in [-0.2, 0) is 0 Å². The molecule has 0 aliphatic carbocycles. The van der Waals surface area contributed by atoms with Crippen LogP contribution in [0, 0.1) is 13.8 Å². The average molecular weight is 254 g/mol. The van der Waals surface area contributed by atoms with Crippen LogP contribution in [0.3, 0.4) is 0 Å². The van der Waals surface area contributed by atoms with E-state index in [1.54, 1.807) is 0 Å². The highest BCUT2D eigenvalue weighted by Gasteiger charge is 2.13. The lowest BCUT2D eigenvalue weighted by atomic mass is 9.87. The second-order valence-electron chi connectivity index (χ2n) is 5.19. The molecule has 0 saturated heterocycles. The van der Waals surface area contributed by atoms with Gasteiger partial charge in [0.05, 0.1) is 0 Å². The molecule has 0 heterocycles. The number of aryl methyl sites for hydroxylation is 2. The van der Waals surface area contributed by atoms with Crippen LogP contribution < -0.4 is 11.5 Å². The lowest BCUT2D eigenvalue weighted by molar-refractivity contribution is 0.776. The monoisotopic (exact) mass is 254 g/mol. The van der Waals surface area contributed by atoms with Crippen LogP contribution in [0.4, 0.5) is 11.4 Å². The van der Waals surface area contributed by atoms with Crippen molar-refractivity contribution in [1.82, 2.24) is 0 Å². The Morgan fingerprint density at radius 2 is 1.26 bits per heavy atom. The van der Waals surface area contributed by atoms with E-state index in [1.807, 2.05) is 12.1 Å². The van der Waals surface area contributed by atoms with Crippen LogP contribution >= 0.6 is 0 Å². The zero-order chi connectivity index (χ0) is 14.0. The van der Waals surface area contributed by atoms with Gasteiger partial charge in [0, 0.05) is 17.3 Å². The van der Waals surface area contributed by atoms with E-state index >= 15 is 0 Å². The molecule has 2 aromatic rings. The SMILES string of the molecule is CCC(c1ccc(N)c(C)c1)c1ccc(N)c(C)c1. The van der Waals surface area contributed by atoms with E-state index in [-0.39, 0.29) is 0 Å². The maximum atomic E-state index is 5.90. The Morgan fingerprint density at radius 1 is 0.842 bits per heavy atom. The number of hydrogen-bond acceptors (Lipinski definition) is 2. The molecular weight excluding hydrogens is 232 g/mol. The zero-order valence-electron chi connectivity index (χ0n) is 11.9. The van der Waals surface area contributed by atoms with Gasteiger partial charge in [-0.15, -0.1) is 0 Å². The van der Waals surface area contributed by atoms with Crippen molar-refractivity contribution in [3.8, 4) is 0 Å². The molecule has 2 nitrogen and oxygen atoms in total. The first kappa shape index (κ1) is 13.5. The molecule has 2 aromatic carbocycles. The predicted molar refractivity (Wildman–Crippen MR) is 83.3 cm³/mol. The molecule has 0 aliphatic rings. The van der Waals surface area contributed by atoms with Gasteiger partial charge >= 0.3 is 0 Å². The Balaban J connectivity index is 2.43. The molecule has 100 valence electrons. The maximum Gasteiger partial charge on any atom is 0.0343 e. The van der Waals surface area contributed by atoms with E-state index in [9.17, 15) is 0 Å². The fraction of sp³-hybridized carbons (Fsp3) is 0.294. The lowest BCUT2D eigenvalue weighted by Crippen LogP contribution is -2.02. The molecule has 0 atom stereocenters. The summed E-state index contributed by atoms with van der Waals surface area (Å²) in [5, 5.41) is 0. The lowest BCUT2D eigenvalue weighted by Gasteiger charge is -2.18. The van der Waals surface area contributed by atoms with Crippen molar-refractivity contribution in [2.75, 3.05) is 11.5 Å². The Morgan fingerprint density at radius 3 is 1.58 bits per heavy atom. The third kappa shape index (κ3) is 2.73.